The molecule has 0 saturated carbocycles. The minimum Gasteiger partial charge on any atom is -0.378 e. The molecular weight excluding hydrogens is 304 g/mol. The molecule has 0 radical (unpaired) electrons. The number of hydrogen-bond acceptors (Lipinski definition) is 3. The minimum absolute atomic E-state index is 0.205. The number of rotatable bonds is 4. The molecule has 1 amide bonds. The van der Waals surface area contributed by atoms with Gasteiger partial charge in [0.2, 0.25) is 5.91 Å². The predicted octanol–water partition coefficient (Wildman–Crippen LogP) is 1.92. The molecule has 3 rings (SSSR count). The van der Waals surface area contributed by atoms with E-state index in [0.717, 1.165) is 30.8 Å². The normalized spacial score (nSPS) is 17.8. The largest absolute Gasteiger partial charge is 0.378 e. The van der Waals surface area contributed by atoms with Crippen molar-refractivity contribution in [3.8, 4) is 0 Å². The van der Waals surface area contributed by atoms with E-state index in [4.69, 9.17) is 10.1 Å². The number of anilines is 1. The van der Waals surface area contributed by atoms with Gasteiger partial charge in [0.05, 0.1) is 13.2 Å². The summed E-state index contributed by atoms with van der Waals surface area (Å²) in [5.74, 6) is 0.680. The van der Waals surface area contributed by atoms with Gasteiger partial charge in [0.1, 0.15) is 0 Å². The van der Waals surface area contributed by atoms with Crippen LogP contribution in [-0.2, 0) is 16.0 Å². The highest BCUT2D eigenvalue weighted by Crippen LogP contribution is 2.14. The molecule has 0 bridgehead atoms. The van der Waals surface area contributed by atoms with Crippen molar-refractivity contribution in [2.75, 3.05) is 44.7 Å². The van der Waals surface area contributed by atoms with Crippen LogP contribution in [0.4, 0.5) is 5.69 Å². The Balaban J connectivity index is 1.45. The average Bonchev–Trinajstić information content (AvgIpc) is 3.16. The summed E-state index contributed by atoms with van der Waals surface area (Å²) in [6.07, 6.45) is 3.62. The summed E-state index contributed by atoms with van der Waals surface area (Å²) in [4.78, 5) is 16.1. The lowest BCUT2D eigenvalue weighted by Crippen LogP contribution is -2.40. The molecular formula is C18H26N4O2. The van der Waals surface area contributed by atoms with E-state index in [2.05, 4.69) is 10.2 Å². The smallest absolute Gasteiger partial charge is 0.223 e. The summed E-state index contributed by atoms with van der Waals surface area (Å²) in [6, 6.07) is 8.04. The van der Waals surface area contributed by atoms with Crippen molar-refractivity contribution in [2.24, 2.45) is 0 Å². The Bertz CT molecular complexity index is 561. The zero-order chi connectivity index (χ0) is 16.8. The molecule has 0 atom stereocenters. The fraction of sp³-hybridized carbons (Fsp3) is 0.556. The van der Waals surface area contributed by atoms with Crippen LogP contribution in [0.15, 0.2) is 24.3 Å². The Morgan fingerprint density at radius 1 is 1.04 bits per heavy atom. The molecule has 2 aliphatic heterocycles. The number of guanidine groups is 1. The van der Waals surface area contributed by atoms with Gasteiger partial charge >= 0.3 is 0 Å². The highest BCUT2D eigenvalue weighted by molar-refractivity contribution is 5.91. The SMILES string of the molecule is N=C(Nc1ccc(CCC(=O)N2CCOCC2)cc1)N1CCCC1. The van der Waals surface area contributed by atoms with Crippen LogP contribution in [0.2, 0.25) is 0 Å². The highest BCUT2D eigenvalue weighted by atomic mass is 16.5. The molecule has 6 nitrogen and oxygen atoms in total. The van der Waals surface area contributed by atoms with Crippen LogP contribution in [-0.4, -0.2) is 61.1 Å². The fourth-order valence-electron chi connectivity index (χ4n) is 3.13. The number of likely N-dealkylation sites (tertiary alicyclic amines) is 1. The molecule has 6 heteroatoms. The number of nitrogens with zero attached hydrogens (tertiary/aromatic N) is 2. The molecule has 2 fully saturated rings. The van der Waals surface area contributed by atoms with Crippen LogP contribution in [0.25, 0.3) is 0 Å². The van der Waals surface area contributed by atoms with Gasteiger partial charge in [0.15, 0.2) is 5.96 Å². The Hall–Kier alpha value is -2.08. The maximum Gasteiger partial charge on any atom is 0.223 e. The van der Waals surface area contributed by atoms with Crippen molar-refractivity contribution in [3.63, 3.8) is 0 Å². The number of benzene rings is 1. The van der Waals surface area contributed by atoms with Crippen LogP contribution in [0.1, 0.15) is 24.8 Å². The number of morpholine rings is 1. The Morgan fingerprint density at radius 3 is 2.38 bits per heavy atom. The lowest BCUT2D eigenvalue weighted by Gasteiger charge is -2.26. The Morgan fingerprint density at radius 2 is 1.71 bits per heavy atom. The number of aryl methyl sites for hydroxylation is 1. The maximum absolute atomic E-state index is 12.2. The first-order valence-corrected chi connectivity index (χ1v) is 8.77. The summed E-state index contributed by atoms with van der Waals surface area (Å²) < 4.78 is 5.27. The molecule has 130 valence electrons. The maximum atomic E-state index is 12.2. The van der Waals surface area contributed by atoms with Crippen LogP contribution in [0.3, 0.4) is 0 Å². The van der Waals surface area contributed by atoms with Crippen LogP contribution >= 0.6 is 0 Å². The van der Waals surface area contributed by atoms with Gasteiger partial charge in [-0.3, -0.25) is 10.2 Å². The third-order valence-corrected chi connectivity index (χ3v) is 4.63. The first-order valence-electron chi connectivity index (χ1n) is 8.77. The van der Waals surface area contributed by atoms with Gasteiger partial charge in [-0.1, -0.05) is 12.1 Å². The zero-order valence-corrected chi connectivity index (χ0v) is 14.1. The summed E-state index contributed by atoms with van der Waals surface area (Å²) in [5.41, 5.74) is 2.07. The van der Waals surface area contributed by atoms with E-state index < -0.39 is 0 Å². The summed E-state index contributed by atoms with van der Waals surface area (Å²) in [6.45, 7) is 4.64. The quantitative estimate of drug-likeness (QED) is 0.654. The molecule has 0 aromatic heterocycles. The average molecular weight is 330 g/mol. The topological polar surface area (TPSA) is 68.7 Å². The van der Waals surface area contributed by atoms with Crippen molar-refractivity contribution in [3.05, 3.63) is 29.8 Å². The Kier molecular flexibility index (Phi) is 5.69. The van der Waals surface area contributed by atoms with E-state index in [1.807, 2.05) is 29.2 Å². The Labute approximate surface area is 143 Å². The number of ether oxygens (including phenoxy) is 1. The molecule has 1 aromatic carbocycles. The lowest BCUT2D eigenvalue weighted by molar-refractivity contribution is -0.135. The molecule has 2 aliphatic rings. The molecule has 0 unspecified atom stereocenters. The van der Waals surface area contributed by atoms with Crippen LogP contribution < -0.4 is 5.32 Å². The minimum atomic E-state index is 0.205. The van der Waals surface area contributed by atoms with E-state index in [-0.39, 0.29) is 5.91 Å². The second-order valence-corrected chi connectivity index (χ2v) is 6.36. The lowest BCUT2D eigenvalue weighted by atomic mass is 10.1. The predicted molar refractivity (Wildman–Crippen MR) is 94.3 cm³/mol. The standard InChI is InChI=1S/C18H26N4O2/c19-18(22-9-1-2-10-22)20-16-6-3-15(4-7-16)5-8-17(23)21-11-13-24-14-12-21/h3-4,6-7H,1-2,5,8-14H2,(H2,19,20). The molecule has 0 spiro atoms. The first kappa shape index (κ1) is 16.8. The number of amides is 1. The number of nitrogens with one attached hydrogen (secondary N) is 2. The molecule has 2 heterocycles. The van der Waals surface area contributed by atoms with Gasteiger partial charge in [-0.25, -0.2) is 0 Å². The van der Waals surface area contributed by atoms with Crippen molar-refractivity contribution < 1.29 is 9.53 Å². The van der Waals surface area contributed by atoms with Crippen molar-refractivity contribution in [2.45, 2.75) is 25.7 Å². The van der Waals surface area contributed by atoms with Crippen LogP contribution in [0.5, 0.6) is 0 Å². The van der Waals surface area contributed by atoms with Gasteiger partial charge in [0.25, 0.3) is 0 Å². The van der Waals surface area contributed by atoms with E-state index >= 15 is 0 Å². The first-order chi connectivity index (χ1) is 11.7. The third-order valence-electron chi connectivity index (χ3n) is 4.63. The van der Waals surface area contributed by atoms with Crippen molar-refractivity contribution in [1.29, 1.82) is 5.41 Å². The van der Waals surface area contributed by atoms with Gasteiger partial charge in [0, 0.05) is 38.3 Å². The highest BCUT2D eigenvalue weighted by Gasteiger charge is 2.17. The van der Waals surface area contributed by atoms with E-state index in [0.29, 0.717) is 38.7 Å². The molecule has 2 N–H and O–H groups in total. The van der Waals surface area contributed by atoms with Crippen molar-refractivity contribution in [1.82, 2.24) is 9.80 Å². The third kappa shape index (κ3) is 4.47. The fourth-order valence-corrected chi connectivity index (χ4v) is 3.13. The zero-order valence-electron chi connectivity index (χ0n) is 14.1. The summed E-state index contributed by atoms with van der Waals surface area (Å²) >= 11 is 0. The van der Waals surface area contributed by atoms with Gasteiger partial charge < -0.3 is 19.9 Å². The number of carbonyl (C=O) groups excluding carboxylic acids is 1. The van der Waals surface area contributed by atoms with E-state index in [9.17, 15) is 4.79 Å². The van der Waals surface area contributed by atoms with E-state index in [1.165, 1.54) is 12.8 Å². The van der Waals surface area contributed by atoms with Gasteiger partial charge in [-0.15, -0.1) is 0 Å². The summed E-state index contributed by atoms with van der Waals surface area (Å²) in [5, 5.41) is 11.2. The molecule has 0 aliphatic carbocycles. The van der Waals surface area contributed by atoms with E-state index in [1.54, 1.807) is 0 Å². The second-order valence-electron chi connectivity index (χ2n) is 6.36. The monoisotopic (exact) mass is 330 g/mol. The number of hydrogen-bond donors (Lipinski definition) is 2. The molecule has 24 heavy (non-hydrogen) atoms. The van der Waals surface area contributed by atoms with Gasteiger partial charge in [-0.2, -0.15) is 0 Å². The second kappa shape index (κ2) is 8.15. The van der Waals surface area contributed by atoms with Crippen LogP contribution in [0, 0.1) is 5.41 Å². The van der Waals surface area contributed by atoms with Gasteiger partial charge in [-0.05, 0) is 37.0 Å². The summed E-state index contributed by atoms with van der Waals surface area (Å²) in [7, 11) is 0. The molecule has 1 aromatic rings. The number of carbonyl (C=O) groups is 1. The van der Waals surface area contributed by atoms with Crippen molar-refractivity contribution >= 4 is 17.6 Å². The molecule has 2 saturated heterocycles.